The third-order valence-corrected chi connectivity index (χ3v) is 5.97. The van der Waals surface area contributed by atoms with Gasteiger partial charge in [-0.15, -0.1) is 0 Å². The molecule has 0 aliphatic carbocycles. The minimum Gasteiger partial charge on any atom is -0.454 e. The van der Waals surface area contributed by atoms with Crippen LogP contribution in [0.2, 0.25) is 0 Å². The number of amides is 1. The average molecular weight is 413 g/mol. The van der Waals surface area contributed by atoms with Crippen LogP contribution in [0.25, 0.3) is 0 Å². The van der Waals surface area contributed by atoms with Gasteiger partial charge in [-0.05, 0) is 42.9 Å². The first-order valence-electron chi connectivity index (χ1n) is 9.49. The van der Waals surface area contributed by atoms with Crippen molar-refractivity contribution >= 4 is 21.9 Å². The molecule has 8 heteroatoms. The number of ether oxygens (including phenoxy) is 1. The summed E-state index contributed by atoms with van der Waals surface area (Å²) in [4.78, 5) is 23.9. The van der Waals surface area contributed by atoms with Crippen LogP contribution in [0.1, 0.15) is 59.9 Å². The van der Waals surface area contributed by atoms with Gasteiger partial charge in [0, 0.05) is 6.04 Å². The molecule has 158 valence electrons. The van der Waals surface area contributed by atoms with E-state index in [0.29, 0.717) is 0 Å². The van der Waals surface area contributed by atoms with E-state index in [4.69, 9.17) is 4.74 Å². The first-order valence-corrected chi connectivity index (χ1v) is 11.0. The number of hydrogen-bond acceptors (Lipinski definition) is 5. The minimum absolute atomic E-state index is 0.0261. The lowest BCUT2D eigenvalue weighted by molar-refractivity contribution is -0.150. The quantitative estimate of drug-likeness (QED) is 0.607. The lowest BCUT2D eigenvalue weighted by Gasteiger charge is -2.19. The summed E-state index contributed by atoms with van der Waals surface area (Å²) in [5.41, 5.74) is 0.907. The summed E-state index contributed by atoms with van der Waals surface area (Å²) < 4.78 is 32.1. The third kappa shape index (κ3) is 7.24. The van der Waals surface area contributed by atoms with E-state index in [2.05, 4.69) is 10.0 Å². The van der Waals surface area contributed by atoms with Gasteiger partial charge in [0.15, 0.2) is 6.61 Å². The van der Waals surface area contributed by atoms with Crippen LogP contribution in [-0.2, 0) is 29.8 Å². The highest BCUT2D eigenvalue weighted by atomic mass is 32.2. The van der Waals surface area contributed by atoms with Gasteiger partial charge in [0.25, 0.3) is 5.91 Å². The second-order valence-electron chi connectivity index (χ2n) is 7.81. The van der Waals surface area contributed by atoms with Crippen molar-refractivity contribution in [3.63, 3.8) is 0 Å². The van der Waals surface area contributed by atoms with Crippen molar-refractivity contribution in [3.05, 3.63) is 29.8 Å². The van der Waals surface area contributed by atoms with Crippen LogP contribution in [0, 0.1) is 0 Å². The number of carbonyl (C=O) groups is 2. The molecule has 7 nitrogen and oxygen atoms in total. The molecular weight excluding hydrogens is 380 g/mol. The second-order valence-corrected chi connectivity index (χ2v) is 9.52. The molecule has 0 radical (unpaired) electrons. The van der Waals surface area contributed by atoms with Gasteiger partial charge in [-0.25, -0.2) is 8.42 Å². The molecule has 0 aliphatic heterocycles. The summed E-state index contributed by atoms with van der Waals surface area (Å²) in [6.07, 6.45) is 1.56. The van der Waals surface area contributed by atoms with Crippen LogP contribution in [0.3, 0.4) is 0 Å². The van der Waals surface area contributed by atoms with E-state index in [1.54, 1.807) is 12.1 Å². The van der Waals surface area contributed by atoms with Gasteiger partial charge < -0.3 is 10.1 Å². The van der Waals surface area contributed by atoms with E-state index >= 15 is 0 Å². The van der Waals surface area contributed by atoms with Crippen LogP contribution >= 0.6 is 0 Å². The molecule has 0 bridgehead atoms. The first-order chi connectivity index (χ1) is 12.9. The van der Waals surface area contributed by atoms with Crippen LogP contribution in [0.4, 0.5) is 0 Å². The fraction of sp³-hybridized carbons (Fsp3) is 0.600. The van der Waals surface area contributed by atoms with Crippen molar-refractivity contribution in [2.45, 2.75) is 76.8 Å². The molecule has 0 aromatic heterocycles. The largest absolute Gasteiger partial charge is 0.454 e. The Labute approximate surface area is 168 Å². The molecule has 0 saturated heterocycles. The third-order valence-electron chi connectivity index (χ3n) is 4.41. The molecule has 0 unspecified atom stereocenters. The number of rotatable bonds is 9. The smallest absolute Gasteiger partial charge is 0.324 e. The zero-order chi connectivity index (χ0) is 21.5. The van der Waals surface area contributed by atoms with Crippen molar-refractivity contribution in [1.82, 2.24) is 10.0 Å². The van der Waals surface area contributed by atoms with Gasteiger partial charge in [0.05, 0.1) is 4.90 Å². The van der Waals surface area contributed by atoms with Gasteiger partial charge in [-0.1, -0.05) is 46.8 Å². The molecule has 0 saturated carbocycles. The number of nitrogens with one attached hydrogen (secondary N) is 2. The van der Waals surface area contributed by atoms with Crippen molar-refractivity contribution in [3.8, 4) is 0 Å². The van der Waals surface area contributed by atoms with E-state index < -0.39 is 34.5 Å². The second kappa shape index (κ2) is 10.0. The highest BCUT2D eigenvalue weighted by Crippen LogP contribution is 2.23. The molecular formula is C20H32N2O5S. The zero-order valence-corrected chi connectivity index (χ0v) is 18.4. The maximum atomic E-state index is 12.5. The Hall–Kier alpha value is -1.93. The van der Waals surface area contributed by atoms with Gasteiger partial charge >= 0.3 is 5.97 Å². The molecule has 0 heterocycles. The van der Waals surface area contributed by atoms with Crippen molar-refractivity contribution in [1.29, 1.82) is 0 Å². The number of esters is 1. The highest BCUT2D eigenvalue weighted by molar-refractivity contribution is 7.89. The fourth-order valence-corrected chi connectivity index (χ4v) is 3.70. The summed E-state index contributed by atoms with van der Waals surface area (Å²) in [5, 5.41) is 2.75. The van der Waals surface area contributed by atoms with Crippen molar-refractivity contribution in [2.24, 2.45) is 0 Å². The molecule has 1 rings (SSSR count). The minimum atomic E-state index is -3.88. The molecule has 1 aromatic carbocycles. The van der Waals surface area contributed by atoms with Crippen molar-refractivity contribution < 1.29 is 22.7 Å². The first kappa shape index (κ1) is 24.1. The molecule has 0 spiro atoms. The fourth-order valence-electron chi connectivity index (χ4n) is 2.51. The number of benzene rings is 1. The maximum Gasteiger partial charge on any atom is 0.324 e. The van der Waals surface area contributed by atoms with E-state index in [0.717, 1.165) is 18.4 Å². The van der Waals surface area contributed by atoms with E-state index in [1.165, 1.54) is 19.1 Å². The van der Waals surface area contributed by atoms with E-state index in [9.17, 15) is 18.0 Å². The summed E-state index contributed by atoms with van der Waals surface area (Å²) in [5.74, 6) is -1.22. The lowest BCUT2D eigenvalue weighted by atomic mass is 9.87. The summed E-state index contributed by atoms with van der Waals surface area (Å²) in [7, 11) is -3.88. The van der Waals surface area contributed by atoms with Crippen LogP contribution in [0.5, 0.6) is 0 Å². The highest BCUT2D eigenvalue weighted by Gasteiger charge is 2.24. The van der Waals surface area contributed by atoms with Gasteiger partial charge in [0.2, 0.25) is 10.0 Å². The van der Waals surface area contributed by atoms with Crippen LogP contribution in [-0.4, -0.2) is 39.0 Å². The molecule has 1 atom stereocenters. The standard InChI is InChI=1S/C20H32N2O5S/c1-7-16(8-2)21-18(23)13-27-19(24)14(3)22-28(25,26)17-11-9-15(10-12-17)20(4,5)6/h9-12,14,16,22H,7-8,13H2,1-6H3,(H,21,23)/t14-/m0/s1. The zero-order valence-electron chi connectivity index (χ0n) is 17.5. The normalized spacial score (nSPS) is 13.2. The summed E-state index contributed by atoms with van der Waals surface area (Å²) >= 11 is 0. The summed E-state index contributed by atoms with van der Waals surface area (Å²) in [6.45, 7) is 10.9. The molecule has 1 aromatic rings. The average Bonchev–Trinajstić information content (AvgIpc) is 2.63. The molecule has 2 N–H and O–H groups in total. The summed E-state index contributed by atoms with van der Waals surface area (Å²) in [6, 6.07) is 5.42. The Bertz CT molecular complexity index is 763. The monoisotopic (exact) mass is 412 g/mol. The van der Waals surface area contributed by atoms with E-state index in [-0.39, 0.29) is 16.4 Å². The van der Waals surface area contributed by atoms with Gasteiger partial charge in [0.1, 0.15) is 6.04 Å². The Balaban J connectivity index is 2.66. The predicted molar refractivity (Wildman–Crippen MR) is 108 cm³/mol. The lowest BCUT2D eigenvalue weighted by Crippen LogP contribution is -2.42. The predicted octanol–water partition coefficient (Wildman–Crippen LogP) is 2.50. The Morgan fingerprint density at radius 3 is 2.07 bits per heavy atom. The number of sulfonamides is 1. The molecule has 28 heavy (non-hydrogen) atoms. The Morgan fingerprint density at radius 1 is 1.07 bits per heavy atom. The van der Waals surface area contributed by atoms with Gasteiger partial charge in [-0.3, -0.25) is 9.59 Å². The van der Waals surface area contributed by atoms with Crippen LogP contribution < -0.4 is 10.0 Å². The van der Waals surface area contributed by atoms with Crippen LogP contribution in [0.15, 0.2) is 29.2 Å². The Morgan fingerprint density at radius 2 is 1.61 bits per heavy atom. The molecule has 0 aliphatic rings. The van der Waals surface area contributed by atoms with E-state index in [1.807, 2.05) is 34.6 Å². The van der Waals surface area contributed by atoms with Crippen molar-refractivity contribution in [2.75, 3.05) is 6.61 Å². The maximum absolute atomic E-state index is 12.5. The SMILES string of the molecule is CCC(CC)NC(=O)COC(=O)[C@H](C)NS(=O)(=O)c1ccc(C(C)(C)C)cc1. The van der Waals surface area contributed by atoms with Gasteiger partial charge in [-0.2, -0.15) is 4.72 Å². The number of carbonyl (C=O) groups excluding carboxylic acids is 2. The molecule has 0 fully saturated rings. The number of hydrogen-bond donors (Lipinski definition) is 2. The topological polar surface area (TPSA) is 102 Å². The molecule has 1 amide bonds. The Kier molecular flexibility index (Phi) is 8.63.